The van der Waals surface area contributed by atoms with E-state index >= 15 is 0 Å². The van der Waals surface area contributed by atoms with Gasteiger partial charge in [-0.15, -0.1) is 0 Å². The van der Waals surface area contributed by atoms with Crippen molar-refractivity contribution in [3.8, 4) is 17.0 Å². The van der Waals surface area contributed by atoms with Gasteiger partial charge in [-0.25, -0.2) is 4.39 Å². The summed E-state index contributed by atoms with van der Waals surface area (Å²) >= 11 is 0. The third-order valence-corrected chi connectivity index (χ3v) is 2.52. The van der Waals surface area contributed by atoms with E-state index in [0.29, 0.717) is 23.6 Å². The van der Waals surface area contributed by atoms with E-state index in [1.165, 1.54) is 12.1 Å². The summed E-state index contributed by atoms with van der Waals surface area (Å²) in [6, 6.07) is 7.97. The minimum absolute atomic E-state index is 0.327. The van der Waals surface area contributed by atoms with Gasteiger partial charge in [0.25, 0.3) is 0 Å². The van der Waals surface area contributed by atoms with Crippen molar-refractivity contribution >= 4 is 0 Å². The van der Waals surface area contributed by atoms with Crippen molar-refractivity contribution in [2.75, 3.05) is 14.2 Å². The number of hydrogen-bond acceptors (Lipinski definition) is 4. The van der Waals surface area contributed by atoms with E-state index in [1.54, 1.807) is 19.2 Å². The molecule has 2 aromatic rings. The van der Waals surface area contributed by atoms with Gasteiger partial charge in [0.05, 0.1) is 18.5 Å². The molecule has 0 saturated heterocycles. The van der Waals surface area contributed by atoms with E-state index in [0.717, 1.165) is 5.69 Å². The molecule has 18 heavy (non-hydrogen) atoms. The molecule has 1 aromatic carbocycles. The summed E-state index contributed by atoms with van der Waals surface area (Å²) in [6.45, 7) is 0.646. The first-order valence-electron chi connectivity index (χ1n) is 5.55. The molecule has 0 radical (unpaired) electrons. The number of benzene rings is 1. The number of halogens is 1. The number of hydrogen-bond donors (Lipinski definition) is 1. The highest BCUT2D eigenvalue weighted by Crippen LogP contribution is 2.28. The molecule has 2 rings (SSSR count). The van der Waals surface area contributed by atoms with Crippen LogP contribution >= 0.6 is 0 Å². The van der Waals surface area contributed by atoms with Crippen LogP contribution in [-0.4, -0.2) is 24.4 Å². The Kier molecular flexibility index (Phi) is 3.84. The van der Waals surface area contributed by atoms with Gasteiger partial charge in [0.2, 0.25) is 0 Å². The predicted octanol–water partition coefficient (Wildman–Crippen LogP) is 2.01. The van der Waals surface area contributed by atoms with Crippen molar-refractivity contribution in [1.82, 2.24) is 15.5 Å². The number of rotatable bonds is 4. The van der Waals surface area contributed by atoms with Gasteiger partial charge in [-0.2, -0.15) is 10.2 Å². The quantitative estimate of drug-likeness (QED) is 0.897. The molecule has 0 fully saturated rings. The maximum absolute atomic E-state index is 13.3. The van der Waals surface area contributed by atoms with Crippen LogP contribution in [0.15, 0.2) is 30.3 Å². The lowest BCUT2D eigenvalue weighted by molar-refractivity contribution is 0.415. The average Bonchev–Trinajstić information content (AvgIpc) is 2.40. The predicted molar refractivity (Wildman–Crippen MR) is 66.7 cm³/mol. The van der Waals surface area contributed by atoms with Gasteiger partial charge in [-0.1, -0.05) is 0 Å². The lowest BCUT2D eigenvalue weighted by Gasteiger charge is -2.07. The highest BCUT2D eigenvalue weighted by atomic mass is 19.1. The number of methoxy groups -OCH3 is 1. The Morgan fingerprint density at radius 1 is 1.22 bits per heavy atom. The summed E-state index contributed by atoms with van der Waals surface area (Å²) in [6.07, 6.45) is 0. The molecule has 0 aliphatic heterocycles. The Hall–Kier alpha value is -2.01. The topological polar surface area (TPSA) is 47.0 Å². The van der Waals surface area contributed by atoms with Crippen LogP contribution in [0.25, 0.3) is 11.3 Å². The Morgan fingerprint density at radius 2 is 2.06 bits per heavy atom. The molecule has 0 spiro atoms. The molecule has 4 nitrogen and oxygen atoms in total. The average molecular weight is 247 g/mol. The van der Waals surface area contributed by atoms with E-state index in [-0.39, 0.29) is 5.82 Å². The van der Waals surface area contributed by atoms with Crippen molar-refractivity contribution in [2.45, 2.75) is 6.54 Å². The Labute approximate surface area is 105 Å². The van der Waals surface area contributed by atoms with Gasteiger partial charge in [-0.3, -0.25) is 0 Å². The normalized spacial score (nSPS) is 10.4. The summed E-state index contributed by atoms with van der Waals surface area (Å²) in [7, 11) is 3.38. The van der Waals surface area contributed by atoms with Crippen LogP contribution in [0.2, 0.25) is 0 Å². The molecule has 0 atom stereocenters. The van der Waals surface area contributed by atoms with Crippen LogP contribution in [0.1, 0.15) is 5.69 Å². The van der Waals surface area contributed by atoms with E-state index in [1.807, 2.05) is 13.1 Å². The van der Waals surface area contributed by atoms with Gasteiger partial charge < -0.3 is 10.1 Å². The van der Waals surface area contributed by atoms with E-state index in [4.69, 9.17) is 4.74 Å². The van der Waals surface area contributed by atoms with Crippen molar-refractivity contribution in [3.05, 3.63) is 41.8 Å². The van der Waals surface area contributed by atoms with Crippen molar-refractivity contribution in [3.63, 3.8) is 0 Å². The zero-order chi connectivity index (χ0) is 13.0. The molecular formula is C13H14FN3O. The number of ether oxygens (including phenoxy) is 1. The molecular weight excluding hydrogens is 233 g/mol. The van der Waals surface area contributed by atoms with Crippen LogP contribution in [0.5, 0.6) is 5.75 Å². The third-order valence-electron chi connectivity index (χ3n) is 2.52. The molecule has 0 bridgehead atoms. The summed E-state index contributed by atoms with van der Waals surface area (Å²) in [5.74, 6) is 0.249. The molecule has 5 heteroatoms. The molecule has 0 amide bonds. The monoisotopic (exact) mass is 247 g/mol. The maximum atomic E-state index is 13.3. The van der Waals surface area contributed by atoms with Crippen LogP contribution in [-0.2, 0) is 6.54 Å². The fourth-order valence-corrected chi connectivity index (χ4v) is 1.66. The largest absolute Gasteiger partial charge is 0.496 e. The second-order valence-electron chi connectivity index (χ2n) is 3.78. The second kappa shape index (κ2) is 5.55. The fourth-order valence-electron chi connectivity index (χ4n) is 1.66. The number of nitrogens with one attached hydrogen (secondary N) is 1. The lowest BCUT2D eigenvalue weighted by atomic mass is 10.1. The summed E-state index contributed by atoms with van der Waals surface area (Å²) in [4.78, 5) is 0. The fraction of sp³-hybridized carbons (Fsp3) is 0.231. The molecule has 0 saturated carbocycles. The molecule has 0 aliphatic rings. The van der Waals surface area contributed by atoms with Gasteiger partial charge >= 0.3 is 0 Å². The molecule has 0 aliphatic carbocycles. The molecule has 1 aromatic heterocycles. The lowest BCUT2D eigenvalue weighted by Crippen LogP contribution is -2.07. The highest BCUT2D eigenvalue weighted by Gasteiger charge is 2.09. The van der Waals surface area contributed by atoms with E-state index < -0.39 is 0 Å². The van der Waals surface area contributed by atoms with Gasteiger partial charge in [0, 0.05) is 12.1 Å². The molecule has 1 heterocycles. The SMILES string of the molecule is CNCc1ccc(-c2cc(F)ccc2OC)nn1. The number of aromatic nitrogens is 2. The standard InChI is InChI=1S/C13H14FN3O/c1-15-8-10-4-5-12(17-16-10)11-7-9(14)3-6-13(11)18-2/h3-7,15H,8H2,1-2H3. The van der Waals surface area contributed by atoms with Crippen molar-refractivity contribution < 1.29 is 9.13 Å². The minimum Gasteiger partial charge on any atom is -0.496 e. The molecule has 1 N–H and O–H groups in total. The zero-order valence-electron chi connectivity index (χ0n) is 10.3. The van der Waals surface area contributed by atoms with Crippen LogP contribution in [0, 0.1) is 5.82 Å². The van der Waals surface area contributed by atoms with Crippen molar-refractivity contribution in [1.29, 1.82) is 0 Å². The first-order chi connectivity index (χ1) is 8.74. The first kappa shape index (κ1) is 12.4. The van der Waals surface area contributed by atoms with Gasteiger partial charge in [-0.05, 0) is 37.4 Å². The summed E-state index contributed by atoms with van der Waals surface area (Å²) in [5.41, 5.74) is 2.02. The highest BCUT2D eigenvalue weighted by molar-refractivity contribution is 5.66. The Morgan fingerprint density at radius 3 is 2.67 bits per heavy atom. The van der Waals surface area contributed by atoms with Crippen molar-refractivity contribution in [2.24, 2.45) is 0 Å². The first-order valence-corrected chi connectivity index (χ1v) is 5.55. The van der Waals surface area contributed by atoms with E-state index in [2.05, 4.69) is 15.5 Å². The minimum atomic E-state index is -0.327. The van der Waals surface area contributed by atoms with Gasteiger partial charge in [0.1, 0.15) is 11.6 Å². The van der Waals surface area contributed by atoms with Gasteiger partial charge in [0.15, 0.2) is 0 Å². The second-order valence-corrected chi connectivity index (χ2v) is 3.78. The summed E-state index contributed by atoms with van der Waals surface area (Å²) in [5, 5.41) is 11.1. The van der Waals surface area contributed by atoms with Crippen LogP contribution in [0.4, 0.5) is 4.39 Å². The van der Waals surface area contributed by atoms with Crippen LogP contribution in [0.3, 0.4) is 0 Å². The third kappa shape index (κ3) is 2.62. The maximum Gasteiger partial charge on any atom is 0.128 e. The molecule has 94 valence electrons. The Bertz CT molecular complexity index is 528. The molecule has 0 unspecified atom stereocenters. The van der Waals surface area contributed by atoms with Crippen LogP contribution < -0.4 is 10.1 Å². The summed E-state index contributed by atoms with van der Waals surface area (Å²) < 4.78 is 18.4. The Balaban J connectivity index is 2.38. The zero-order valence-corrected chi connectivity index (χ0v) is 10.3. The van der Waals surface area contributed by atoms with E-state index in [9.17, 15) is 4.39 Å². The number of nitrogens with zero attached hydrogens (tertiary/aromatic N) is 2. The smallest absolute Gasteiger partial charge is 0.128 e.